The Morgan fingerprint density at radius 2 is 1.85 bits per heavy atom. The lowest BCUT2D eigenvalue weighted by molar-refractivity contribution is -0.274. The quantitative estimate of drug-likeness (QED) is 0.268. The van der Waals surface area contributed by atoms with E-state index in [9.17, 15) is 32.7 Å². The maximum Gasteiger partial charge on any atom is 0.573 e. The highest BCUT2D eigenvalue weighted by Crippen LogP contribution is 2.24. The van der Waals surface area contributed by atoms with E-state index in [4.69, 9.17) is 0 Å². The molecule has 1 saturated heterocycles. The first-order valence-electron chi connectivity index (χ1n) is 12.6. The first-order chi connectivity index (χ1) is 19.5. The summed E-state index contributed by atoms with van der Waals surface area (Å²) in [7, 11) is 0. The van der Waals surface area contributed by atoms with Crippen molar-refractivity contribution in [2.75, 3.05) is 23.7 Å². The number of nitrogens with one attached hydrogen (secondary N) is 2. The molecule has 0 spiro atoms. The van der Waals surface area contributed by atoms with Gasteiger partial charge in [0.2, 0.25) is 22.9 Å². The van der Waals surface area contributed by atoms with Crippen LogP contribution in [0.1, 0.15) is 35.5 Å². The molecule has 0 bridgehead atoms. The standard InChI is InChI=1S/C25H26F3N7O5S/c26-25(27,28)40-18-6-3-4-15(10-18)11-20(37)29-19-9-8-16(31-32-19)5-1-2-7-22-33-34-24(41-22)30-21(38)14-35-13-17(36)12-23(35)39/h3-4,6,8-10,17,36H,1-2,5,7,11-14H2,(H,29,32,37)(H,30,34,38)/t17-/m0/s1. The number of hydrogen-bond acceptors (Lipinski definition) is 10. The van der Waals surface area contributed by atoms with E-state index in [2.05, 4.69) is 35.8 Å². The third-order valence-electron chi connectivity index (χ3n) is 5.80. The number of amides is 3. The van der Waals surface area contributed by atoms with Gasteiger partial charge < -0.3 is 20.1 Å². The maximum absolute atomic E-state index is 12.4. The van der Waals surface area contributed by atoms with Crippen molar-refractivity contribution in [3.63, 3.8) is 0 Å². The molecule has 41 heavy (non-hydrogen) atoms. The molecular weight excluding hydrogens is 567 g/mol. The van der Waals surface area contributed by atoms with Gasteiger partial charge in [-0.05, 0) is 49.1 Å². The van der Waals surface area contributed by atoms with Crippen molar-refractivity contribution >= 4 is 40.0 Å². The predicted octanol–water partition coefficient (Wildman–Crippen LogP) is 2.50. The Morgan fingerprint density at radius 1 is 1.05 bits per heavy atom. The molecule has 1 aliphatic rings. The normalized spacial score (nSPS) is 15.2. The zero-order valence-corrected chi connectivity index (χ0v) is 22.4. The van der Waals surface area contributed by atoms with E-state index in [1.807, 2.05) is 0 Å². The Labute approximate surface area is 235 Å². The zero-order chi connectivity index (χ0) is 29.4. The number of alkyl halides is 3. The fraction of sp³-hybridized carbons (Fsp3) is 0.400. The number of aryl methyl sites for hydroxylation is 2. The van der Waals surface area contributed by atoms with Gasteiger partial charge in [0, 0.05) is 13.0 Å². The fourth-order valence-corrected chi connectivity index (χ4v) is 4.81. The number of carbonyl (C=O) groups is 3. The van der Waals surface area contributed by atoms with Crippen molar-refractivity contribution in [3.05, 3.63) is 52.7 Å². The van der Waals surface area contributed by atoms with Crippen LogP contribution in [0.4, 0.5) is 24.1 Å². The highest BCUT2D eigenvalue weighted by atomic mass is 32.1. The monoisotopic (exact) mass is 593 g/mol. The lowest BCUT2D eigenvalue weighted by Crippen LogP contribution is -2.34. The molecular formula is C25H26F3N7O5S. The number of hydrogen-bond donors (Lipinski definition) is 3. The van der Waals surface area contributed by atoms with Crippen LogP contribution < -0.4 is 15.4 Å². The molecule has 0 radical (unpaired) electrons. The first kappa shape index (κ1) is 29.8. The van der Waals surface area contributed by atoms with Crippen LogP contribution in [0.5, 0.6) is 5.75 Å². The van der Waals surface area contributed by atoms with Gasteiger partial charge >= 0.3 is 6.36 Å². The number of nitrogens with zero attached hydrogens (tertiary/aromatic N) is 5. The van der Waals surface area contributed by atoms with Crippen LogP contribution in [0.25, 0.3) is 0 Å². The molecule has 3 amide bonds. The summed E-state index contributed by atoms with van der Waals surface area (Å²) < 4.78 is 41.0. The van der Waals surface area contributed by atoms with Crippen molar-refractivity contribution in [3.8, 4) is 5.75 Å². The van der Waals surface area contributed by atoms with Gasteiger partial charge in [0.25, 0.3) is 0 Å². The molecule has 12 nitrogen and oxygen atoms in total. The number of aliphatic hydroxyl groups excluding tert-OH is 1. The number of β-amino-alcohol motifs (C(OH)–C–C–N with tert-alkyl or cyclic N) is 1. The molecule has 0 aliphatic carbocycles. The Morgan fingerprint density at radius 3 is 2.56 bits per heavy atom. The summed E-state index contributed by atoms with van der Waals surface area (Å²) in [5, 5.41) is 31.9. The number of halogens is 3. The number of rotatable bonds is 12. The number of benzene rings is 1. The second-order valence-electron chi connectivity index (χ2n) is 9.22. The second-order valence-corrected chi connectivity index (χ2v) is 10.3. The molecule has 218 valence electrons. The van der Waals surface area contributed by atoms with Gasteiger partial charge in [-0.15, -0.1) is 28.5 Å². The number of carbonyl (C=O) groups excluding carboxylic acids is 3. The molecule has 4 rings (SSSR count). The summed E-state index contributed by atoms with van der Waals surface area (Å²) in [6, 6.07) is 8.50. The van der Waals surface area contributed by atoms with Gasteiger partial charge in [-0.25, -0.2) is 0 Å². The molecule has 3 aromatic rings. The lowest BCUT2D eigenvalue weighted by atomic mass is 10.1. The SMILES string of the molecule is O=C(Cc1cccc(OC(F)(F)F)c1)Nc1ccc(CCCCc2nnc(NC(=O)CN3C[C@@H](O)CC3=O)s2)nn1. The average molecular weight is 594 g/mol. The molecule has 3 N–H and O–H groups in total. The van der Waals surface area contributed by atoms with Crippen LogP contribution in [0.15, 0.2) is 36.4 Å². The highest BCUT2D eigenvalue weighted by Gasteiger charge is 2.31. The van der Waals surface area contributed by atoms with Gasteiger partial charge in [0.05, 0.1) is 24.6 Å². The molecule has 2 aromatic heterocycles. The van der Waals surface area contributed by atoms with E-state index in [0.29, 0.717) is 29.2 Å². The minimum absolute atomic E-state index is 0.0216. The van der Waals surface area contributed by atoms with Crippen molar-refractivity contribution in [2.24, 2.45) is 0 Å². The molecule has 1 aromatic carbocycles. The van der Waals surface area contributed by atoms with E-state index >= 15 is 0 Å². The Kier molecular flexibility index (Phi) is 9.78. The average Bonchev–Trinajstić information content (AvgIpc) is 3.46. The maximum atomic E-state index is 12.4. The smallest absolute Gasteiger partial charge is 0.406 e. The predicted molar refractivity (Wildman–Crippen MR) is 140 cm³/mol. The van der Waals surface area contributed by atoms with E-state index < -0.39 is 30.0 Å². The molecule has 1 fully saturated rings. The molecule has 1 atom stereocenters. The summed E-state index contributed by atoms with van der Waals surface area (Å²) >= 11 is 1.25. The number of anilines is 2. The third kappa shape index (κ3) is 9.75. The van der Waals surface area contributed by atoms with Crippen LogP contribution >= 0.6 is 11.3 Å². The van der Waals surface area contributed by atoms with E-state index in [1.165, 1.54) is 28.4 Å². The Balaban J connectivity index is 1.15. The lowest BCUT2D eigenvalue weighted by Gasteiger charge is -2.14. The summed E-state index contributed by atoms with van der Waals surface area (Å²) in [6.07, 6.45) is -2.89. The minimum Gasteiger partial charge on any atom is -0.406 e. The van der Waals surface area contributed by atoms with E-state index in [0.717, 1.165) is 30.0 Å². The summed E-state index contributed by atoms with van der Waals surface area (Å²) in [5.74, 6) is -1.32. The minimum atomic E-state index is -4.82. The third-order valence-corrected chi connectivity index (χ3v) is 6.70. The molecule has 1 aliphatic heterocycles. The zero-order valence-electron chi connectivity index (χ0n) is 21.6. The number of aliphatic hydroxyl groups is 1. The number of unbranched alkanes of at least 4 members (excludes halogenated alkanes) is 1. The van der Waals surface area contributed by atoms with Crippen molar-refractivity contribution in [1.29, 1.82) is 0 Å². The van der Waals surface area contributed by atoms with Crippen molar-refractivity contribution in [1.82, 2.24) is 25.3 Å². The second kappa shape index (κ2) is 13.5. The van der Waals surface area contributed by atoms with Gasteiger partial charge in [0.15, 0.2) is 5.82 Å². The van der Waals surface area contributed by atoms with Crippen LogP contribution in [0.2, 0.25) is 0 Å². The summed E-state index contributed by atoms with van der Waals surface area (Å²) in [6.45, 7) is -0.0134. The molecule has 3 heterocycles. The van der Waals surface area contributed by atoms with Crippen molar-refractivity contribution in [2.45, 2.75) is 51.0 Å². The van der Waals surface area contributed by atoms with Crippen LogP contribution in [-0.2, 0) is 33.6 Å². The topological polar surface area (TPSA) is 160 Å². The number of aromatic nitrogens is 4. The van der Waals surface area contributed by atoms with Crippen LogP contribution in [0.3, 0.4) is 0 Å². The number of likely N-dealkylation sites (tertiary alicyclic amines) is 1. The van der Waals surface area contributed by atoms with Gasteiger partial charge in [-0.1, -0.05) is 23.5 Å². The Bertz CT molecular complexity index is 1370. The van der Waals surface area contributed by atoms with Gasteiger partial charge in [-0.2, -0.15) is 5.10 Å². The molecule has 16 heteroatoms. The highest BCUT2D eigenvalue weighted by molar-refractivity contribution is 7.15. The van der Waals surface area contributed by atoms with Crippen LogP contribution in [0, 0.1) is 0 Å². The van der Waals surface area contributed by atoms with Crippen molar-refractivity contribution < 1.29 is 37.4 Å². The van der Waals surface area contributed by atoms with Gasteiger partial charge in [-0.3, -0.25) is 19.7 Å². The molecule has 0 unspecified atom stereocenters. The summed E-state index contributed by atoms with van der Waals surface area (Å²) in [4.78, 5) is 37.4. The van der Waals surface area contributed by atoms with Crippen LogP contribution in [-0.4, -0.2) is 73.7 Å². The van der Waals surface area contributed by atoms with Gasteiger partial charge in [0.1, 0.15) is 17.3 Å². The molecule has 0 saturated carbocycles. The summed E-state index contributed by atoms with van der Waals surface area (Å²) in [5.41, 5.74) is 1.06. The first-order valence-corrected chi connectivity index (χ1v) is 13.4. The van der Waals surface area contributed by atoms with E-state index in [1.54, 1.807) is 12.1 Å². The fourth-order valence-electron chi connectivity index (χ4n) is 4.01. The number of ether oxygens (including phenoxy) is 1. The largest absolute Gasteiger partial charge is 0.573 e. The van der Waals surface area contributed by atoms with E-state index in [-0.39, 0.29) is 37.7 Å². The Hall–Kier alpha value is -4.18.